The normalized spacial score (nSPS) is 23.5. The molecule has 182 valence electrons. The maximum atomic E-state index is 13.4. The predicted octanol–water partition coefficient (Wildman–Crippen LogP) is 2.15. The third-order valence-electron chi connectivity index (χ3n) is 7.22. The number of hydrogen-bond donors (Lipinski definition) is 1. The molecule has 2 aliphatic carbocycles. The van der Waals surface area contributed by atoms with Gasteiger partial charge in [-0.3, -0.25) is 14.4 Å². The first kappa shape index (κ1) is 23.1. The van der Waals surface area contributed by atoms with Crippen molar-refractivity contribution in [1.29, 1.82) is 0 Å². The summed E-state index contributed by atoms with van der Waals surface area (Å²) in [5.74, 6) is -0.320. The molecule has 34 heavy (non-hydrogen) atoms. The number of carbonyl (C=O) groups is 3. The summed E-state index contributed by atoms with van der Waals surface area (Å²) in [6.07, 6.45) is 4.81. The number of carbonyl (C=O) groups excluding carboxylic acids is 3. The van der Waals surface area contributed by atoms with Gasteiger partial charge in [-0.1, -0.05) is 11.6 Å². The number of nitrogens with zero attached hydrogens (tertiary/aromatic N) is 5. The topological polar surface area (TPSA) is 98.5 Å². The molecule has 0 radical (unpaired) electrons. The van der Waals surface area contributed by atoms with Gasteiger partial charge < -0.3 is 19.8 Å². The van der Waals surface area contributed by atoms with Crippen LogP contribution in [-0.4, -0.2) is 93.0 Å². The van der Waals surface area contributed by atoms with Crippen LogP contribution in [0.3, 0.4) is 0 Å². The van der Waals surface area contributed by atoms with Gasteiger partial charge in [-0.25, -0.2) is 4.52 Å². The average Bonchev–Trinajstić information content (AvgIpc) is 3.62. The summed E-state index contributed by atoms with van der Waals surface area (Å²) in [6.45, 7) is 0.816. The maximum Gasteiger partial charge on any atom is 0.276 e. The van der Waals surface area contributed by atoms with Gasteiger partial charge in [0.15, 0.2) is 5.69 Å². The molecule has 2 aromatic rings. The zero-order valence-electron chi connectivity index (χ0n) is 19.5. The minimum Gasteiger partial charge on any atom is -0.393 e. The largest absolute Gasteiger partial charge is 0.393 e. The van der Waals surface area contributed by atoms with Crippen LogP contribution in [-0.2, 0) is 4.79 Å². The van der Waals surface area contributed by atoms with Crippen LogP contribution in [0.15, 0.2) is 12.1 Å². The van der Waals surface area contributed by atoms with Crippen molar-refractivity contribution in [1.82, 2.24) is 24.3 Å². The van der Waals surface area contributed by atoms with Crippen molar-refractivity contribution in [2.45, 2.75) is 56.6 Å². The number of aliphatic hydroxyl groups is 1. The Labute approximate surface area is 203 Å². The first-order valence-electron chi connectivity index (χ1n) is 11.9. The molecule has 2 aromatic heterocycles. The lowest BCUT2D eigenvalue weighted by Crippen LogP contribution is -2.56. The molecule has 3 fully saturated rings. The highest BCUT2D eigenvalue weighted by molar-refractivity contribution is 6.37. The second kappa shape index (κ2) is 8.85. The highest BCUT2D eigenvalue weighted by atomic mass is 35.5. The number of hydrogen-bond acceptors (Lipinski definition) is 5. The van der Waals surface area contributed by atoms with Crippen LogP contribution in [0.5, 0.6) is 0 Å². The summed E-state index contributed by atoms with van der Waals surface area (Å²) in [5.41, 5.74) is 1.99. The van der Waals surface area contributed by atoms with Gasteiger partial charge in [0.05, 0.1) is 16.6 Å². The van der Waals surface area contributed by atoms with E-state index in [1.165, 1.54) is 14.3 Å². The smallest absolute Gasteiger partial charge is 0.276 e. The Kier molecular flexibility index (Phi) is 6.02. The first-order chi connectivity index (χ1) is 16.2. The van der Waals surface area contributed by atoms with E-state index >= 15 is 0 Å². The van der Waals surface area contributed by atoms with Crippen LogP contribution in [0, 0.1) is 0 Å². The van der Waals surface area contributed by atoms with Gasteiger partial charge in [0.2, 0.25) is 5.91 Å². The van der Waals surface area contributed by atoms with E-state index in [2.05, 4.69) is 5.10 Å². The quantitative estimate of drug-likeness (QED) is 0.712. The second-order valence-electron chi connectivity index (χ2n) is 9.88. The van der Waals surface area contributed by atoms with Gasteiger partial charge in [-0.05, 0) is 62.1 Å². The summed E-state index contributed by atoms with van der Waals surface area (Å²) in [5, 5.41) is 14.4. The Morgan fingerprint density at radius 2 is 1.79 bits per heavy atom. The summed E-state index contributed by atoms with van der Waals surface area (Å²) in [4.78, 5) is 43.9. The molecule has 2 saturated carbocycles. The number of rotatable bonds is 4. The van der Waals surface area contributed by atoms with Crippen molar-refractivity contribution in [2.24, 2.45) is 0 Å². The summed E-state index contributed by atoms with van der Waals surface area (Å²) >= 11 is 6.65. The van der Waals surface area contributed by atoms with Crippen LogP contribution in [0.4, 0.5) is 0 Å². The number of amides is 3. The van der Waals surface area contributed by atoms with Crippen LogP contribution >= 0.6 is 11.6 Å². The summed E-state index contributed by atoms with van der Waals surface area (Å²) in [6, 6.07) is 3.87. The molecule has 0 spiro atoms. The number of aliphatic hydroxyl groups excluding tert-OH is 1. The van der Waals surface area contributed by atoms with Gasteiger partial charge in [-0.15, -0.1) is 0 Å². The fourth-order valence-electron chi connectivity index (χ4n) is 5.07. The van der Waals surface area contributed by atoms with Gasteiger partial charge in [-0.2, -0.15) is 5.10 Å². The van der Waals surface area contributed by atoms with Crippen molar-refractivity contribution in [3.63, 3.8) is 0 Å². The zero-order chi connectivity index (χ0) is 24.1. The summed E-state index contributed by atoms with van der Waals surface area (Å²) in [7, 11) is 3.35. The van der Waals surface area contributed by atoms with Crippen molar-refractivity contribution < 1.29 is 19.5 Å². The number of fused-ring (bicyclic) bond motifs is 1. The fraction of sp³-hybridized carbons (Fsp3) is 0.583. The SMILES string of the molecule is CN(C)C(=O)c1cc(C2CC2)cc2c(Cl)c(C(=O)N3CCN([C@H]4CC[C@H](O)CC4)C(=O)C3)nn12. The Morgan fingerprint density at radius 1 is 1.09 bits per heavy atom. The molecule has 3 aliphatic rings. The number of piperazine rings is 1. The molecule has 0 bridgehead atoms. The molecule has 1 aliphatic heterocycles. The Morgan fingerprint density at radius 3 is 2.41 bits per heavy atom. The van der Waals surface area contributed by atoms with E-state index in [1.54, 1.807) is 14.1 Å². The molecule has 1 saturated heterocycles. The van der Waals surface area contributed by atoms with E-state index in [0.29, 0.717) is 43.1 Å². The van der Waals surface area contributed by atoms with E-state index in [-0.39, 0.29) is 41.2 Å². The highest BCUT2D eigenvalue weighted by Gasteiger charge is 2.36. The van der Waals surface area contributed by atoms with Crippen molar-refractivity contribution >= 4 is 34.8 Å². The van der Waals surface area contributed by atoms with E-state index in [1.807, 2.05) is 17.0 Å². The van der Waals surface area contributed by atoms with Gasteiger partial charge >= 0.3 is 0 Å². The minimum absolute atomic E-state index is 0.0289. The predicted molar refractivity (Wildman–Crippen MR) is 126 cm³/mol. The van der Waals surface area contributed by atoms with E-state index in [4.69, 9.17) is 11.6 Å². The molecular formula is C24H30ClN5O4. The summed E-state index contributed by atoms with van der Waals surface area (Å²) < 4.78 is 1.45. The average molecular weight is 488 g/mol. The molecule has 0 aromatic carbocycles. The molecule has 3 amide bonds. The third kappa shape index (κ3) is 4.15. The Hall–Kier alpha value is -2.65. The number of pyridine rings is 1. The van der Waals surface area contributed by atoms with Crippen LogP contribution in [0.2, 0.25) is 5.02 Å². The molecule has 0 atom stereocenters. The maximum absolute atomic E-state index is 13.4. The van der Waals surface area contributed by atoms with Gasteiger partial charge in [0.25, 0.3) is 11.8 Å². The second-order valence-corrected chi connectivity index (χ2v) is 10.3. The number of halogens is 1. The standard InChI is InChI=1S/C24H30ClN5O4/c1-27(2)23(33)19-12-15(14-3-4-14)11-18-21(25)22(26-30(18)19)24(34)28-9-10-29(20(32)13-28)16-5-7-17(31)8-6-16/h11-12,14,16-17,31H,3-10,13H2,1-2H3/t16-,17-. The van der Waals surface area contributed by atoms with E-state index < -0.39 is 5.91 Å². The number of aromatic nitrogens is 2. The highest BCUT2D eigenvalue weighted by Crippen LogP contribution is 2.41. The monoisotopic (exact) mass is 487 g/mol. The Balaban J connectivity index is 1.40. The van der Waals surface area contributed by atoms with Crippen molar-refractivity contribution in [3.8, 4) is 0 Å². The molecule has 10 heteroatoms. The van der Waals surface area contributed by atoms with E-state index in [9.17, 15) is 19.5 Å². The lowest BCUT2D eigenvalue weighted by atomic mass is 9.91. The molecule has 9 nitrogen and oxygen atoms in total. The third-order valence-corrected chi connectivity index (χ3v) is 7.60. The first-order valence-corrected chi connectivity index (χ1v) is 12.3. The Bertz CT molecular complexity index is 1150. The van der Waals surface area contributed by atoms with Gasteiger partial charge in [0.1, 0.15) is 12.2 Å². The molecule has 3 heterocycles. The minimum atomic E-state index is -0.406. The van der Waals surface area contributed by atoms with Crippen molar-refractivity contribution in [2.75, 3.05) is 33.7 Å². The van der Waals surface area contributed by atoms with Crippen LogP contribution < -0.4 is 0 Å². The molecule has 5 rings (SSSR count). The van der Waals surface area contributed by atoms with E-state index in [0.717, 1.165) is 31.2 Å². The van der Waals surface area contributed by atoms with Crippen LogP contribution in [0.25, 0.3) is 5.52 Å². The molecular weight excluding hydrogens is 458 g/mol. The lowest BCUT2D eigenvalue weighted by Gasteiger charge is -2.41. The fourth-order valence-corrected chi connectivity index (χ4v) is 5.33. The molecule has 1 N–H and O–H groups in total. The van der Waals surface area contributed by atoms with Crippen LogP contribution in [0.1, 0.15) is 71.0 Å². The van der Waals surface area contributed by atoms with Crippen molar-refractivity contribution in [3.05, 3.63) is 34.1 Å². The zero-order valence-corrected chi connectivity index (χ0v) is 20.3. The lowest BCUT2D eigenvalue weighted by molar-refractivity contribution is -0.138. The van der Waals surface area contributed by atoms with Gasteiger partial charge in [0, 0.05) is 33.2 Å². The molecule has 0 unspecified atom stereocenters.